The number of benzene rings is 2. The quantitative estimate of drug-likeness (QED) is 0.655. The van der Waals surface area contributed by atoms with E-state index in [0.717, 1.165) is 11.1 Å². The summed E-state index contributed by atoms with van der Waals surface area (Å²) in [5.74, 6) is 2.52. The molecule has 0 aliphatic rings. The summed E-state index contributed by atoms with van der Waals surface area (Å²) in [6.45, 7) is 0. The standard InChI is InChI=1S/C19H16O/c1-2-15-19(20,18-13-7-4-8-14-18)16-9-12-17-10-5-3-6-11-17/h1,3-8,10-14,16,20H,15H2. The second-order valence-electron chi connectivity index (χ2n) is 4.54. The third kappa shape index (κ3) is 3.49. The van der Waals surface area contributed by atoms with Gasteiger partial charge in [-0.3, -0.25) is 0 Å². The van der Waals surface area contributed by atoms with E-state index in [1.165, 1.54) is 0 Å². The van der Waals surface area contributed by atoms with Crippen LogP contribution in [0, 0.1) is 12.3 Å². The highest BCUT2D eigenvalue weighted by atomic mass is 16.3. The number of rotatable bonds is 4. The molecule has 0 saturated carbocycles. The molecule has 0 aromatic heterocycles. The van der Waals surface area contributed by atoms with E-state index in [9.17, 15) is 5.11 Å². The Kier molecular flexibility index (Phi) is 4.58. The van der Waals surface area contributed by atoms with Crippen LogP contribution in [0.25, 0.3) is 6.08 Å². The molecule has 2 aromatic carbocycles. The molecule has 1 nitrogen and oxygen atoms in total. The Morgan fingerprint density at radius 1 is 1.00 bits per heavy atom. The van der Waals surface area contributed by atoms with Crippen molar-refractivity contribution in [2.45, 2.75) is 12.0 Å². The summed E-state index contributed by atoms with van der Waals surface area (Å²) in [5, 5.41) is 10.7. The van der Waals surface area contributed by atoms with Crippen molar-refractivity contribution >= 4 is 6.08 Å². The molecule has 1 heteroatoms. The minimum atomic E-state index is -1.18. The van der Waals surface area contributed by atoms with Gasteiger partial charge >= 0.3 is 0 Å². The van der Waals surface area contributed by atoms with E-state index < -0.39 is 5.60 Å². The Hall–Kier alpha value is -2.52. The zero-order chi connectivity index (χ0) is 14.3. The van der Waals surface area contributed by atoms with Crippen LogP contribution in [0.4, 0.5) is 0 Å². The van der Waals surface area contributed by atoms with Crippen molar-refractivity contribution in [2.75, 3.05) is 0 Å². The maximum absolute atomic E-state index is 10.7. The molecule has 0 bridgehead atoms. The SMILES string of the molecule is C#CCC(O)(C=C=Cc1ccccc1)c1ccccc1. The van der Waals surface area contributed by atoms with Gasteiger partial charge in [-0.05, 0) is 23.3 Å². The maximum atomic E-state index is 10.7. The van der Waals surface area contributed by atoms with Gasteiger partial charge in [0.2, 0.25) is 0 Å². The minimum absolute atomic E-state index is 0.215. The van der Waals surface area contributed by atoms with Gasteiger partial charge in [-0.25, -0.2) is 0 Å². The summed E-state index contributed by atoms with van der Waals surface area (Å²) in [6, 6.07) is 19.2. The zero-order valence-corrected chi connectivity index (χ0v) is 11.2. The lowest BCUT2D eigenvalue weighted by atomic mass is 9.90. The molecule has 0 aliphatic heterocycles. The zero-order valence-electron chi connectivity index (χ0n) is 11.2. The lowest BCUT2D eigenvalue weighted by Crippen LogP contribution is -2.21. The van der Waals surface area contributed by atoms with Gasteiger partial charge in [-0.15, -0.1) is 18.1 Å². The van der Waals surface area contributed by atoms with E-state index in [1.54, 1.807) is 6.08 Å². The first-order valence-corrected chi connectivity index (χ1v) is 6.45. The topological polar surface area (TPSA) is 20.2 Å². The van der Waals surface area contributed by atoms with E-state index >= 15 is 0 Å². The fourth-order valence-corrected chi connectivity index (χ4v) is 1.94. The second kappa shape index (κ2) is 6.59. The van der Waals surface area contributed by atoms with E-state index in [-0.39, 0.29) is 6.42 Å². The molecule has 1 unspecified atom stereocenters. The van der Waals surface area contributed by atoms with Gasteiger partial charge in [0.1, 0.15) is 5.60 Å². The van der Waals surface area contributed by atoms with Crippen molar-refractivity contribution in [1.82, 2.24) is 0 Å². The molecule has 0 saturated heterocycles. The van der Waals surface area contributed by atoms with E-state index in [2.05, 4.69) is 11.7 Å². The van der Waals surface area contributed by atoms with Crippen LogP contribution in [0.2, 0.25) is 0 Å². The Bertz CT molecular complexity index is 643. The van der Waals surface area contributed by atoms with Crippen LogP contribution in [0.5, 0.6) is 0 Å². The highest BCUT2D eigenvalue weighted by Gasteiger charge is 2.24. The van der Waals surface area contributed by atoms with Gasteiger partial charge in [0.25, 0.3) is 0 Å². The van der Waals surface area contributed by atoms with E-state index in [0.29, 0.717) is 0 Å². The highest BCUT2D eigenvalue weighted by Crippen LogP contribution is 2.25. The largest absolute Gasteiger partial charge is 0.379 e. The van der Waals surface area contributed by atoms with Crippen LogP contribution in [0.15, 0.2) is 72.5 Å². The summed E-state index contributed by atoms with van der Waals surface area (Å²) >= 11 is 0. The third-order valence-corrected chi connectivity index (χ3v) is 3.02. The van der Waals surface area contributed by atoms with Crippen molar-refractivity contribution in [1.29, 1.82) is 0 Å². The molecule has 1 atom stereocenters. The Morgan fingerprint density at radius 2 is 1.60 bits per heavy atom. The summed E-state index contributed by atoms with van der Waals surface area (Å²) in [6.07, 6.45) is 9.03. The van der Waals surface area contributed by atoms with Gasteiger partial charge in [0.05, 0.1) is 0 Å². The second-order valence-corrected chi connectivity index (χ2v) is 4.54. The fourth-order valence-electron chi connectivity index (χ4n) is 1.94. The molecule has 98 valence electrons. The van der Waals surface area contributed by atoms with Gasteiger partial charge in [-0.1, -0.05) is 60.7 Å². The molecule has 2 rings (SSSR count). The first kappa shape index (κ1) is 13.9. The van der Waals surface area contributed by atoms with Crippen LogP contribution in [0.1, 0.15) is 17.5 Å². The molecule has 2 aromatic rings. The first-order chi connectivity index (χ1) is 9.74. The third-order valence-electron chi connectivity index (χ3n) is 3.02. The number of hydrogen-bond donors (Lipinski definition) is 1. The van der Waals surface area contributed by atoms with Gasteiger partial charge in [0, 0.05) is 6.42 Å². The van der Waals surface area contributed by atoms with Crippen LogP contribution in [0.3, 0.4) is 0 Å². The van der Waals surface area contributed by atoms with E-state index in [1.807, 2.05) is 66.7 Å². The lowest BCUT2D eigenvalue weighted by molar-refractivity contribution is 0.0956. The van der Waals surface area contributed by atoms with Crippen molar-refractivity contribution < 1.29 is 5.11 Å². The predicted molar refractivity (Wildman–Crippen MR) is 82.8 cm³/mol. The fraction of sp³-hybridized carbons (Fsp3) is 0.105. The van der Waals surface area contributed by atoms with Gasteiger partial charge < -0.3 is 5.11 Å². The molecular weight excluding hydrogens is 244 g/mol. The molecule has 20 heavy (non-hydrogen) atoms. The summed E-state index contributed by atoms with van der Waals surface area (Å²) in [5.41, 5.74) is 3.65. The van der Waals surface area contributed by atoms with Crippen LogP contribution < -0.4 is 0 Å². The Morgan fingerprint density at radius 3 is 2.20 bits per heavy atom. The van der Waals surface area contributed by atoms with Crippen molar-refractivity contribution in [3.05, 3.63) is 83.6 Å². The average Bonchev–Trinajstić information content (AvgIpc) is 2.49. The van der Waals surface area contributed by atoms with Crippen LogP contribution in [-0.4, -0.2) is 5.11 Å². The number of hydrogen-bond acceptors (Lipinski definition) is 1. The number of terminal acetylenes is 1. The molecule has 0 aliphatic carbocycles. The summed E-state index contributed by atoms with van der Waals surface area (Å²) in [4.78, 5) is 0. The molecule has 0 radical (unpaired) electrons. The summed E-state index contributed by atoms with van der Waals surface area (Å²) < 4.78 is 0. The monoisotopic (exact) mass is 260 g/mol. The molecule has 0 fully saturated rings. The minimum Gasteiger partial charge on any atom is -0.379 e. The molecule has 0 heterocycles. The van der Waals surface area contributed by atoms with Crippen molar-refractivity contribution in [2.24, 2.45) is 0 Å². The normalized spacial score (nSPS) is 12.6. The average molecular weight is 260 g/mol. The van der Waals surface area contributed by atoms with Gasteiger partial charge in [0.15, 0.2) is 0 Å². The first-order valence-electron chi connectivity index (χ1n) is 6.45. The molecule has 0 amide bonds. The predicted octanol–water partition coefficient (Wildman–Crippen LogP) is 3.77. The highest BCUT2D eigenvalue weighted by molar-refractivity contribution is 5.48. The van der Waals surface area contributed by atoms with Crippen molar-refractivity contribution in [3.63, 3.8) is 0 Å². The number of aliphatic hydroxyl groups is 1. The van der Waals surface area contributed by atoms with E-state index in [4.69, 9.17) is 6.42 Å². The Balaban J connectivity index is 2.31. The van der Waals surface area contributed by atoms with Crippen LogP contribution in [-0.2, 0) is 5.60 Å². The van der Waals surface area contributed by atoms with Crippen molar-refractivity contribution in [3.8, 4) is 12.3 Å². The lowest BCUT2D eigenvalue weighted by Gasteiger charge is -2.21. The maximum Gasteiger partial charge on any atom is 0.126 e. The Labute approximate surface area is 119 Å². The molecular formula is C19H16O. The van der Waals surface area contributed by atoms with Crippen LogP contribution >= 0.6 is 0 Å². The molecule has 1 N–H and O–H groups in total. The smallest absolute Gasteiger partial charge is 0.126 e. The summed E-state index contributed by atoms with van der Waals surface area (Å²) in [7, 11) is 0. The van der Waals surface area contributed by atoms with Gasteiger partial charge in [-0.2, -0.15) is 0 Å². The molecule has 0 spiro atoms.